The number of carbonyl (C=O) groups excluding carboxylic acids is 2. The van der Waals surface area contributed by atoms with Crippen LogP contribution in [-0.2, 0) is 11.2 Å². The van der Waals surface area contributed by atoms with Crippen LogP contribution in [0.5, 0.6) is 0 Å². The number of fused-ring (bicyclic) bond motifs is 1. The molecule has 2 N–H and O–H groups in total. The largest absolute Gasteiger partial charge is 0.361 e. The van der Waals surface area contributed by atoms with Gasteiger partial charge in [-0.2, -0.15) is 0 Å². The number of H-pyrrole nitrogens is 1. The Balaban J connectivity index is 1.84. The van der Waals surface area contributed by atoms with Gasteiger partial charge in [-0.05, 0) is 24.3 Å². The SMILES string of the molecule is CC/C=C(\SC)N1C(=O)NC(Cc2c[nH]c3ccccc23)C1=O. The van der Waals surface area contributed by atoms with Gasteiger partial charge in [-0.1, -0.05) is 31.2 Å². The molecule has 1 aliphatic rings. The summed E-state index contributed by atoms with van der Waals surface area (Å²) in [6, 6.07) is 7.09. The Morgan fingerprint density at radius 1 is 1.35 bits per heavy atom. The van der Waals surface area contributed by atoms with Crippen LogP contribution in [-0.4, -0.2) is 34.1 Å². The number of nitrogens with zero attached hydrogens (tertiary/aromatic N) is 1. The molecule has 5 nitrogen and oxygen atoms in total. The maximum Gasteiger partial charge on any atom is 0.329 e. The summed E-state index contributed by atoms with van der Waals surface area (Å²) >= 11 is 1.41. The predicted octanol–water partition coefficient (Wildman–Crippen LogP) is 3.25. The standard InChI is InChI=1S/C17H19N3O2S/c1-3-6-15(23-2)20-16(21)14(19-17(20)22)9-11-10-18-13-8-5-4-7-12(11)13/h4-8,10,14,18H,3,9H2,1-2H3,(H,19,22)/b15-6-. The summed E-state index contributed by atoms with van der Waals surface area (Å²) in [7, 11) is 0. The van der Waals surface area contributed by atoms with E-state index in [2.05, 4.69) is 10.3 Å². The van der Waals surface area contributed by atoms with E-state index >= 15 is 0 Å². The van der Waals surface area contributed by atoms with Crippen LogP contribution in [0.3, 0.4) is 0 Å². The lowest BCUT2D eigenvalue weighted by Crippen LogP contribution is -2.31. The highest BCUT2D eigenvalue weighted by Gasteiger charge is 2.40. The Kier molecular flexibility index (Phi) is 4.43. The van der Waals surface area contributed by atoms with Crippen molar-refractivity contribution in [2.75, 3.05) is 6.26 Å². The highest BCUT2D eigenvalue weighted by atomic mass is 32.2. The lowest BCUT2D eigenvalue weighted by molar-refractivity contribution is -0.125. The molecule has 3 rings (SSSR count). The lowest BCUT2D eigenvalue weighted by Gasteiger charge is -2.15. The molecule has 1 aromatic heterocycles. The normalized spacial score (nSPS) is 18.8. The van der Waals surface area contributed by atoms with Crippen LogP contribution in [0.25, 0.3) is 10.9 Å². The molecule has 23 heavy (non-hydrogen) atoms. The summed E-state index contributed by atoms with van der Waals surface area (Å²) in [5, 5.41) is 4.58. The van der Waals surface area contributed by atoms with E-state index in [1.165, 1.54) is 16.7 Å². The van der Waals surface area contributed by atoms with Crippen molar-refractivity contribution in [2.24, 2.45) is 0 Å². The first-order chi connectivity index (χ1) is 11.2. The van der Waals surface area contributed by atoms with Gasteiger partial charge in [-0.25, -0.2) is 9.69 Å². The Hall–Kier alpha value is -2.21. The van der Waals surface area contributed by atoms with Gasteiger partial charge in [0.2, 0.25) is 0 Å². The number of benzene rings is 1. The number of thioether (sulfide) groups is 1. The fraction of sp³-hybridized carbons (Fsp3) is 0.294. The van der Waals surface area contributed by atoms with Gasteiger partial charge < -0.3 is 10.3 Å². The predicted molar refractivity (Wildman–Crippen MR) is 93.1 cm³/mol. The van der Waals surface area contributed by atoms with Crippen molar-refractivity contribution in [1.82, 2.24) is 15.2 Å². The van der Waals surface area contributed by atoms with Crippen LogP contribution < -0.4 is 5.32 Å². The molecule has 0 saturated carbocycles. The Bertz CT molecular complexity index is 781. The third-order valence-corrected chi connectivity index (χ3v) is 4.69. The van der Waals surface area contributed by atoms with Crippen molar-refractivity contribution in [3.8, 4) is 0 Å². The van der Waals surface area contributed by atoms with E-state index in [1.54, 1.807) is 0 Å². The second-order valence-corrected chi connectivity index (χ2v) is 6.22. The van der Waals surface area contributed by atoms with Gasteiger partial charge >= 0.3 is 6.03 Å². The molecular weight excluding hydrogens is 310 g/mol. The number of aromatic nitrogens is 1. The van der Waals surface area contributed by atoms with E-state index in [4.69, 9.17) is 0 Å². The molecule has 0 aliphatic carbocycles. The highest BCUT2D eigenvalue weighted by molar-refractivity contribution is 8.02. The van der Waals surface area contributed by atoms with Crippen LogP contribution in [0.1, 0.15) is 18.9 Å². The molecule has 1 unspecified atom stereocenters. The molecule has 2 aromatic rings. The van der Waals surface area contributed by atoms with Gasteiger partial charge in [0, 0.05) is 23.5 Å². The molecule has 1 saturated heterocycles. The number of nitrogens with one attached hydrogen (secondary N) is 2. The van der Waals surface area contributed by atoms with Gasteiger partial charge in [-0.15, -0.1) is 11.8 Å². The number of carbonyl (C=O) groups is 2. The molecule has 1 aromatic carbocycles. The van der Waals surface area contributed by atoms with Crippen LogP contribution >= 0.6 is 11.8 Å². The highest BCUT2D eigenvalue weighted by Crippen LogP contribution is 2.26. The third-order valence-electron chi connectivity index (χ3n) is 3.93. The Labute approximate surface area is 139 Å². The Morgan fingerprint density at radius 3 is 2.87 bits per heavy atom. The number of allylic oxidation sites excluding steroid dienone is 1. The fourth-order valence-electron chi connectivity index (χ4n) is 2.84. The molecule has 0 radical (unpaired) electrons. The smallest absolute Gasteiger partial charge is 0.329 e. The molecule has 1 aliphatic heterocycles. The summed E-state index contributed by atoms with van der Waals surface area (Å²) in [6.45, 7) is 1.98. The second kappa shape index (κ2) is 6.50. The summed E-state index contributed by atoms with van der Waals surface area (Å²) in [5.41, 5.74) is 2.07. The topological polar surface area (TPSA) is 65.2 Å². The van der Waals surface area contributed by atoms with Crippen LogP contribution in [0.2, 0.25) is 0 Å². The number of amides is 3. The second-order valence-electron chi connectivity index (χ2n) is 5.39. The summed E-state index contributed by atoms with van der Waals surface area (Å²) in [4.78, 5) is 29.3. The van der Waals surface area contributed by atoms with E-state index in [0.29, 0.717) is 11.4 Å². The maximum atomic E-state index is 12.6. The molecule has 2 heterocycles. The molecule has 6 heteroatoms. The molecular formula is C17H19N3O2S. The van der Waals surface area contributed by atoms with Crippen molar-refractivity contribution in [3.63, 3.8) is 0 Å². The van der Waals surface area contributed by atoms with E-state index < -0.39 is 6.04 Å². The molecule has 0 spiro atoms. The fourth-order valence-corrected chi connectivity index (χ4v) is 3.53. The monoisotopic (exact) mass is 329 g/mol. The zero-order valence-corrected chi connectivity index (χ0v) is 13.9. The lowest BCUT2D eigenvalue weighted by atomic mass is 10.1. The van der Waals surface area contributed by atoms with Crippen molar-refractivity contribution < 1.29 is 9.59 Å². The number of urea groups is 1. The minimum Gasteiger partial charge on any atom is -0.361 e. The average Bonchev–Trinajstić information content (AvgIpc) is 3.08. The number of aromatic amines is 1. The molecule has 1 fully saturated rings. The number of hydrogen-bond donors (Lipinski definition) is 2. The Morgan fingerprint density at radius 2 is 2.13 bits per heavy atom. The average molecular weight is 329 g/mol. The van der Waals surface area contributed by atoms with Crippen LogP contribution in [0, 0.1) is 0 Å². The summed E-state index contributed by atoms with van der Waals surface area (Å²) < 4.78 is 0. The van der Waals surface area contributed by atoms with Crippen molar-refractivity contribution in [1.29, 1.82) is 0 Å². The first-order valence-electron chi connectivity index (χ1n) is 7.59. The van der Waals surface area contributed by atoms with Gasteiger partial charge in [0.15, 0.2) is 0 Å². The number of hydrogen-bond acceptors (Lipinski definition) is 3. The van der Waals surface area contributed by atoms with E-state index in [-0.39, 0.29) is 11.9 Å². The first kappa shape index (κ1) is 15.7. The van der Waals surface area contributed by atoms with Crippen LogP contribution in [0.4, 0.5) is 4.79 Å². The van der Waals surface area contributed by atoms with Gasteiger partial charge in [-0.3, -0.25) is 4.79 Å². The van der Waals surface area contributed by atoms with Gasteiger partial charge in [0.05, 0.1) is 5.03 Å². The van der Waals surface area contributed by atoms with E-state index in [9.17, 15) is 9.59 Å². The van der Waals surface area contributed by atoms with Crippen molar-refractivity contribution >= 4 is 34.6 Å². The molecule has 120 valence electrons. The zero-order chi connectivity index (χ0) is 16.4. The number of imide groups is 1. The minimum atomic E-state index is -0.519. The number of rotatable bonds is 5. The number of para-hydroxylation sites is 1. The summed E-state index contributed by atoms with van der Waals surface area (Å²) in [5.74, 6) is -0.186. The maximum absolute atomic E-state index is 12.6. The quantitative estimate of drug-likeness (QED) is 0.828. The molecule has 3 amide bonds. The molecule has 1 atom stereocenters. The minimum absolute atomic E-state index is 0.186. The summed E-state index contributed by atoms with van der Waals surface area (Å²) in [6.07, 6.45) is 6.94. The van der Waals surface area contributed by atoms with Crippen LogP contribution in [0.15, 0.2) is 41.6 Å². The van der Waals surface area contributed by atoms with Gasteiger partial charge in [0.1, 0.15) is 6.04 Å². The molecule has 0 bridgehead atoms. The van der Waals surface area contributed by atoms with Crippen molar-refractivity contribution in [3.05, 3.63) is 47.1 Å². The first-order valence-corrected chi connectivity index (χ1v) is 8.81. The zero-order valence-electron chi connectivity index (χ0n) is 13.1. The van der Waals surface area contributed by atoms with E-state index in [1.807, 2.05) is 49.7 Å². The van der Waals surface area contributed by atoms with E-state index in [0.717, 1.165) is 22.9 Å². The third kappa shape index (κ3) is 2.86. The van der Waals surface area contributed by atoms with Gasteiger partial charge in [0.25, 0.3) is 5.91 Å². The van der Waals surface area contributed by atoms with Crippen molar-refractivity contribution in [2.45, 2.75) is 25.8 Å².